The third-order valence-electron chi connectivity index (χ3n) is 6.74. The van der Waals surface area contributed by atoms with Crippen LogP contribution in [0.1, 0.15) is 33.7 Å². The van der Waals surface area contributed by atoms with Gasteiger partial charge in [-0.3, -0.25) is 9.00 Å². The maximum atomic E-state index is 14.2. The van der Waals surface area contributed by atoms with Crippen molar-refractivity contribution in [3.63, 3.8) is 0 Å². The molecular formula is C28H26FN3O2S. The van der Waals surface area contributed by atoms with Gasteiger partial charge in [-0.15, -0.1) is 0 Å². The van der Waals surface area contributed by atoms with Crippen molar-refractivity contribution in [2.75, 3.05) is 11.5 Å². The summed E-state index contributed by atoms with van der Waals surface area (Å²) >= 11 is 0. The molecule has 35 heavy (non-hydrogen) atoms. The molecule has 5 nitrogen and oxygen atoms in total. The van der Waals surface area contributed by atoms with Crippen molar-refractivity contribution >= 4 is 22.3 Å². The van der Waals surface area contributed by atoms with Gasteiger partial charge in [0.2, 0.25) is 0 Å². The number of anilines is 1. The summed E-state index contributed by atoms with van der Waals surface area (Å²) in [6.07, 6.45) is 4.65. The highest BCUT2D eigenvalue weighted by Crippen LogP contribution is 2.39. The molecule has 2 unspecified atom stereocenters. The van der Waals surface area contributed by atoms with Crippen LogP contribution in [-0.2, 0) is 23.6 Å². The number of nitrogen functional groups attached to an aromatic ring is 1. The lowest BCUT2D eigenvalue weighted by Crippen LogP contribution is -2.39. The molecule has 1 aliphatic rings. The number of ketones is 1. The monoisotopic (exact) mass is 487 g/mol. The van der Waals surface area contributed by atoms with E-state index in [9.17, 15) is 13.4 Å². The topological polar surface area (TPSA) is 78.0 Å². The number of nitrogens with two attached hydrogens (primary N) is 1. The molecule has 3 aromatic carbocycles. The smallest absolute Gasteiger partial charge is 0.171 e. The predicted molar refractivity (Wildman–Crippen MR) is 136 cm³/mol. The van der Waals surface area contributed by atoms with Crippen LogP contribution in [0.3, 0.4) is 0 Å². The average Bonchev–Trinajstić information content (AvgIpc) is 3.31. The van der Waals surface area contributed by atoms with Gasteiger partial charge in [0.1, 0.15) is 11.6 Å². The number of nitrogens with zero attached hydrogens (tertiary/aromatic N) is 2. The summed E-state index contributed by atoms with van der Waals surface area (Å²) in [6, 6.07) is 19.4. The zero-order valence-corrected chi connectivity index (χ0v) is 20.2. The highest BCUT2D eigenvalue weighted by molar-refractivity contribution is 7.85. The first-order valence-electron chi connectivity index (χ1n) is 11.5. The Labute approximate surface area is 206 Å². The number of aryl methyl sites for hydroxylation is 1. The Morgan fingerprint density at radius 3 is 2.71 bits per heavy atom. The third kappa shape index (κ3) is 4.56. The van der Waals surface area contributed by atoms with Crippen LogP contribution in [0, 0.1) is 18.2 Å². The number of carbonyl (C=O) groups excluding carboxylic acids is 1. The fourth-order valence-corrected chi connectivity index (χ4v) is 6.08. The summed E-state index contributed by atoms with van der Waals surface area (Å²) in [6.45, 7) is 1.98. The first kappa shape index (κ1) is 23.2. The van der Waals surface area contributed by atoms with Crippen molar-refractivity contribution in [3.8, 4) is 5.69 Å². The number of halogens is 1. The Kier molecular flexibility index (Phi) is 6.11. The number of carbonyl (C=O) groups is 1. The van der Waals surface area contributed by atoms with Gasteiger partial charge in [0.25, 0.3) is 0 Å². The average molecular weight is 488 g/mol. The molecule has 4 aromatic rings. The summed E-state index contributed by atoms with van der Waals surface area (Å²) in [5, 5.41) is 0. The second-order valence-electron chi connectivity index (χ2n) is 9.19. The van der Waals surface area contributed by atoms with Gasteiger partial charge >= 0.3 is 0 Å². The van der Waals surface area contributed by atoms with Crippen molar-refractivity contribution < 1.29 is 13.4 Å². The summed E-state index contributed by atoms with van der Waals surface area (Å²) < 4.78 is 29.4. The van der Waals surface area contributed by atoms with Crippen LogP contribution in [-0.4, -0.2) is 25.3 Å². The van der Waals surface area contributed by atoms with Crippen molar-refractivity contribution in [3.05, 3.63) is 107 Å². The van der Waals surface area contributed by atoms with E-state index in [1.54, 1.807) is 6.20 Å². The van der Waals surface area contributed by atoms with E-state index in [2.05, 4.69) is 4.98 Å². The van der Waals surface area contributed by atoms with Gasteiger partial charge in [0.15, 0.2) is 5.78 Å². The molecule has 1 aliphatic heterocycles. The van der Waals surface area contributed by atoms with Crippen LogP contribution in [0.4, 0.5) is 10.1 Å². The Balaban J connectivity index is 1.59. The maximum absolute atomic E-state index is 14.2. The number of fused-ring (bicyclic) bond motifs is 4. The maximum Gasteiger partial charge on any atom is 0.171 e. The number of benzene rings is 3. The second-order valence-corrected chi connectivity index (χ2v) is 10.8. The molecule has 178 valence electrons. The van der Waals surface area contributed by atoms with E-state index in [1.807, 2.05) is 66.2 Å². The SMILES string of the molecule is Cc1ccc(S(=O)CCC2(C(=O)c3cc(F)ccc3N)Cc3cccc(c3)-n3ccnc3C2)cc1. The van der Waals surface area contributed by atoms with Crippen LogP contribution >= 0.6 is 0 Å². The molecule has 0 saturated heterocycles. The standard InChI is InChI=1S/C28H26FN3O2S/c1-19-5-8-23(9-6-19)35(34)14-11-28(27(33)24-16-21(29)7-10-25(24)30)17-20-3-2-4-22(15-20)32-13-12-31-26(32)18-28/h2-10,12-13,15-16H,11,14,17-18,30H2,1H3. The molecule has 0 saturated carbocycles. The minimum absolute atomic E-state index is 0.154. The van der Waals surface area contributed by atoms with Crippen LogP contribution in [0.2, 0.25) is 0 Å². The lowest BCUT2D eigenvalue weighted by atomic mass is 9.70. The number of hydrogen-bond donors (Lipinski definition) is 1. The van der Waals surface area contributed by atoms with Crippen molar-refractivity contribution in [2.24, 2.45) is 5.41 Å². The Morgan fingerprint density at radius 1 is 1.11 bits per heavy atom. The van der Waals surface area contributed by atoms with Crippen LogP contribution < -0.4 is 5.73 Å². The lowest BCUT2D eigenvalue weighted by molar-refractivity contribution is 0.0777. The van der Waals surface area contributed by atoms with E-state index in [0.717, 1.165) is 27.5 Å². The quantitative estimate of drug-likeness (QED) is 0.304. The largest absolute Gasteiger partial charge is 0.398 e. The van der Waals surface area contributed by atoms with E-state index < -0.39 is 22.0 Å². The molecule has 2 heterocycles. The summed E-state index contributed by atoms with van der Waals surface area (Å²) in [5.41, 5.74) is 8.59. The van der Waals surface area contributed by atoms with Gasteiger partial charge in [-0.2, -0.15) is 0 Å². The fourth-order valence-electron chi connectivity index (χ4n) is 4.83. The van der Waals surface area contributed by atoms with Crippen molar-refractivity contribution in [1.82, 2.24) is 9.55 Å². The predicted octanol–water partition coefficient (Wildman–Crippen LogP) is 5.07. The van der Waals surface area contributed by atoms with E-state index in [1.165, 1.54) is 18.2 Å². The van der Waals surface area contributed by atoms with Crippen molar-refractivity contribution in [2.45, 2.75) is 31.1 Å². The zero-order chi connectivity index (χ0) is 24.6. The zero-order valence-electron chi connectivity index (χ0n) is 19.4. The highest BCUT2D eigenvalue weighted by Gasteiger charge is 2.42. The molecule has 0 fully saturated rings. The highest BCUT2D eigenvalue weighted by atomic mass is 32.2. The van der Waals surface area contributed by atoms with E-state index in [4.69, 9.17) is 5.73 Å². The van der Waals surface area contributed by atoms with Gasteiger partial charge in [-0.05, 0) is 67.8 Å². The molecular weight excluding hydrogens is 461 g/mol. The summed E-state index contributed by atoms with van der Waals surface area (Å²) in [7, 11) is -1.30. The number of imidazole rings is 1. The molecule has 0 radical (unpaired) electrons. The molecule has 0 spiro atoms. The molecule has 0 amide bonds. The van der Waals surface area contributed by atoms with Gasteiger partial charge in [0.05, 0.1) is 10.8 Å². The van der Waals surface area contributed by atoms with Crippen LogP contribution in [0.15, 0.2) is 84.0 Å². The van der Waals surface area contributed by atoms with Crippen molar-refractivity contribution in [1.29, 1.82) is 0 Å². The second kappa shape index (κ2) is 9.23. The Morgan fingerprint density at radius 2 is 1.91 bits per heavy atom. The molecule has 2 N–H and O–H groups in total. The summed E-state index contributed by atoms with van der Waals surface area (Å²) in [5.74, 6) is 0.239. The normalized spacial score (nSPS) is 17.8. The molecule has 2 atom stereocenters. The van der Waals surface area contributed by atoms with Gasteiger partial charge < -0.3 is 10.3 Å². The van der Waals surface area contributed by atoms with E-state index in [0.29, 0.717) is 19.3 Å². The van der Waals surface area contributed by atoms with Gasteiger partial charge in [-0.25, -0.2) is 9.37 Å². The molecule has 5 rings (SSSR count). The van der Waals surface area contributed by atoms with Gasteiger partial charge in [-0.1, -0.05) is 29.8 Å². The third-order valence-corrected chi connectivity index (χ3v) is 8.11. The first-order chi connectivity index (χ1) is 16.8. The van der Waals surface area contributed by atoms with Crippen LogP contribution in [0.5, 0.6) is 0 Å². The molecule has 1 aromatic heterocycles. The van der Waals surface area contributed by atoms with E-state index >= 15 is 0 Å². The minimum atomic E-state index is -1.30. The van der Waals surface area contributed by atoms with Crippen LogP contribution in [0.25, 0.3) is 5.69 Å². The Bertz CT molecular complexity index is 1430. The first-order valence-corrected chi connectivity index (χ1v) is 12.8. The molecule has 0 aliphatic carbocycles. The van der Waals surface area contributed by atoms with E-state index in [-0.39, 0.29) is 22.8 Å². The molecule has 7 heteroatoms. The summed E-state index contributed by atoms with van der Waals surface area (Å²) in [4.78, 5) is 19.5. The number of rotatable bonds is 6. The lowest BCUT2D eigenvalue weighted by Gasteiger charge is -2.34. The number of aromatic nitrogens is 2. The molecule has 2 bridgehead atoms. The number of Topliss-reactive ketones (excluding diaryl/α,β-unsaturated/α-hetero) is 1. The fraction of sp³-hybridized carbons (Fsp3) is 0.214. The van der Waals surface area contributed by atoms with Gasteiger partial charge in [0, 0.05) is 51.8 Å². The number of hydrogen-bond acceptors (Lipinski definition) is 4. The minimum Gasteiger partial charge on any atom is -0.398 e. The Hall–Kier alpha value is -3.58.